The summed E-state index contributed by atoms with van der Waals surface area (Å²) in [6, 6.07) is 45.4. The fraction of sp³-hybridized carbons (Fsp3) is 0.189. The molecule has 0 saturated carbocycles. The molecular formula is C37H32N2. The SMILES string of the molecule is CCC1(N2CN(C3(CC)c4ccccc4-c4ccccc43)c3ccccc32)c2ccccc2-c2ccccc21. The third kappa shape index (κ3) is 2.67. The van der Waals surface area contributed by atoms with Gasteiger partial charge in [-0.2, -0.15) is 0 Å². The zero-order valence-corrected chi connectivity index (χ0v) is 22.6. The smallest absolute Gasteiger partial charge is 0.0934 e. The minimum Gasteiger partial charge on any atom is -0.338 e. The fourth-order valence-corrected chi connectivity index (χ4v) is 8.20. The summed E-state index contributed by atoms with van der Waals surface area (Å²) >= 11 is 0. The van der Waals surface area contributed by atoms with Gasteiger partial charge in [-0.25, -0.2) is 0 Å². The van der Waals surface area contributed by atoms with Gasteiger partial charge in [-0.1, -0.05) is 123 Å². The van der Waals surface area contributed by atoms with Crippen LogP contribution in [0.5, 0.6) is 0 Å². The molecule has 0 radical (unpaired) electrons. The number of rotatable bonds is 4. The molecule has 39 heavy (non-hydrogen) atoms. The van der Waals surface area contributed by atoms with E-state index in [1.165, 1.54) is 55.9 Å². The van der Waals surface area contributed by atoms with Gasteiger partial charge >= 0.3 is 0 Å². The van der Waals surface area contributed by atoms with Crippen molar-refractivity contribution in [2.45, 2.75) is 37.8 Å². The Balaban J connectivity index is 1.39. The van der Waals surface area contributed by atoms with Crippen molar-refractivity contribution in [3.05, 3.63) is 144 Å². The van der Waals surface area contributed by atoms with Crippen molar-refractivity contribution < 1.29 is 0 Å². The summed E-state index contributed by atoms with van der Waals surface area (Å²) in [5.74, 6) is 0. The van der Waals surface area contributed by atoms with Crippen LogP contribution in [-0.2, 0) is 11.1 Å². The maximum Gasteiger partial charge on any atom is 0.0934 e. The molecule has 2 nitrogen and oxygen atoms in total. The summed E-state index contributed by atoms with van der Waals surface area (Å²) < 4.78 is 0. The molecule has 0 aromatic heterocycles. The van der Waals surface area contributed by atoms with Gasteiger partial charge in [-0.3, -0.25) is 0 Å². The second kappa shape index (κ2) is 8.10. The van der Waals surface area contributed by atoms with Gasteiger partial charge in [0.2, 0.25) is 0 Å². The Bertz CT molecular complexity index is 1530. The monoisotopic (exact) mass is 504 g/mol. The van der Waals surface area contributed by atoms with E-state index in [4.69, 9.17) is 0 Å². The summed E-state index contributed by atoms with van der Waals surface area (Å²) in [6.07, 6.45) is 1.99. The molecule has 3 aliphatic rings. The van der Waals surface area contributed by atoms with Gasteiger partial charge in [0.15, 0.2) is 0 Å². The van der Waals surface area contributed by atoms with Gasteiger partial charge in [-0.15, -0.1) is 0 Å². The van der Waals surface area contributed by atoms with Crippen molar-refractivity contribution in [3.63, 3.8) is 0 Å². The molecule has 1 heterocycles. The summed E-state index contributed by atoms with van der Waals surface area (Å²) in [5.41, 5.74) is 13.3. The molecule has 0 amide bonds. The Kier molecular flexibility index (Phi) is 4.71. The van der Waals surface area contributed by atoms with E-state index in [0.29, 0.717) is 0 Å². The Morgan fingerprint density at radius 2 is 0.718 bits per heavy atom. The molecule has 0 N–H and O–H groups in total. The van der Waals surface area contributed by atoms with Crippen LogP contribution in [0.1, 0.15) is 48.9 Å². The summed E-state index contributed by atoms with van der Waals surface area (Å²) in [4.78, 5) is 5.43. The van der Waals surface area contributed by atoms with Crippen molar-refractivity contribution >= 4 is 11.4 Å². The average molecular weight is 505 g/mol. The van der Waals surface area contributed by atoms with Crippen LogP contribution in [0.4, 0.5) is 11.4 Å². The number of hydrogen-bond acceptors (Lipinski definition) is 2. The number of anilines is 2. The number of benzene rings is 5. The first-order valence-electron chi connectivity index (χ1n) is 14.3. The minimum atomic E-state index is -0.232. The molecule has 2 aliphatic carbocycles. The lowest BCUT2D eigenvalue weighted by Crippen LogP contribution is -2.52. The Hall–Kier alpha value is -4.30. The Labute approximate surface area is 231 Å². The van der Waals surface area contributed by atoms with Gasteiger partial charge in [-0.05, 0) is 69.5 Å². The van der Waals surface area contributed by atoms with E-state index >= 15 is 0 Å². The number of para-hydroxylation sites is 2. The summed E-state index contributed by atoms with van der Waals surface area (Å²) in [6.45, 7) is 5.55. The molecule has 8 rings (SSSR count). The first-order chi connectivity index (χ1) is 19.3. The second-order valence-electron chi connectivity index (χ2n) is 11.1. The number of hydrogen-bond donors (Lipinski definition) is 0. The molecule has 0 atom stereocenters. The molecule has 0 unspecified atom stereocenters. The molecule has 0 spiro atoms. The Morgan fingerprint density at radius 1 is 0.436 bits per heavy atom. The highest BCUT2D eigenvalue weighted by atomic mass is 15.4. The van der Waals surface area contributed by atoms with Crippen LogP contribution in [-0.4, -0.2) is 6.67 Å². The van der Waals surface area contributed by atoms with Crippen molar-refractivity contribution in [3.8, 4) is 22.3 Å². The van der Waals surface area contributed by atoms with E-state index in [-0.39, 0.29) is 11.1 Å². The summed E-state index contributed by atoms with van der Waals surface area (Å²) in [5, 5.41) is 0. The van der Waals surface area contributed by atoms with E-state index in [1.807, 2.05) is 0 Å². The summed E-state index contributed by atoms with van der Waals surface area (Å²) in [7, 11) is 0. The Morgan fingerprint density at radius 3 is 1.03 bits per heavy atom. The minimum absolute atomic E-state index is 0.232. The van der Waals surface area contributed by atoms with Crippen LogP contribution >= 0.6 is 0 Å². The molecule has 0 bridgehead atoms. The molecule has 190 valence electrons. The number of fused-ring (bicyclic) bond motifs is 7. The van der Waals surface area contributed by atoms with Crippen LogP contribution in [0.3, 0.4) is 0 Å². The van der Waals surface area contributed by atoms with E-state index in [1.54, 1.807) is 0 Å². The second-order valence-corrected chi connectivity index (χ2v) is 11.1. The zero-order chi connectivity index (χ0) is 26.2. The highest BCUT2D eigenvalue weighted by molar-refractivity contribution is 5.90. The van der Waals surface area contributed by atoms with Gasteiger partial charge in [0.05, 0.1) is 29.1 Å². The molecule has 0 fully saturated rings. The van der Waals surface area contributed by atoms with Crippen LogP contribution in [0.25, 0.3) is 22.3 Å². The maximum absolute atomic E-state index is 2.72. The van der Waals surface area contributed by atoms with Crippen LogP contribution < -0.4 is 9.80 Å². The van der Waals surface area contributed by atoms with Gasteiger partial charge in [0.1, 0.15) is 0 Å². The fourth-order valence-electron chi connectivity index (χ4n) is 8.20. The highest BCUT2D eigenvalue weighted by Crippen LogP contribution is 2.60. The maximum atomic E-state index is 2.72. The van der Waals surface area contributed by atoms with Crippen LogP contribution in [0.15, 0.2) is 121 Å². The van der Waals surface area contributed by atoms with Gasteiger partial charge < -0.3 is 9.80 Å². The largest absolute Gasteiger partial charge is 0.338 e. The zero-order valence-electron chi connectivity index (χ0n) is 22.6. The van der Waals surface area contributed by atoms with Crippen molar-refractivity contribution in [2.75, 3.05) is 16.5 Å². The highest BCUT2D eigenvalue weighted by Gasteiger charge is 2.54. The number of nitrogens with zero attached hydrogens (tertiary/aromatic N) is 2. The van der Waals surface area contributed by atoms with E-state index in [2.05, 4.69) is 145 Å². The van der Waals surface area contributed by atoms with Crippen LogP contribution in [0, 0.1) is 0 Å². The van der Waals surface area contributed by atoms with Crippen LogP contribution in [0.2, 0.25) is 0 Å². The molecule has 5 aromatic rings. The van der Waals surface area contributed by atoms with Crippen molar-refractivity contribution in [1.82, 2.24) is 0 Å². The third-order valence-corrected chi connectivity index (χ3v) is 9.76. The van der Waals surface area contributed by atoms with E-state index in [0.717, 1.165) is 19.5 Å². The lowest BCUT2D eigenvalue weighted by molar-refractivity contribution is 0.429. The standard InChI is InChI=1S/C37H32N2/c1-3-36(30-19-9-5-15-26(30)27-16-6-10-20-31(27)36)38-25-39(35-24-14-13-23-34(35)38)37(4-2)32-21-11-7-17-28(32)29-18-8-12-22-33(29)37/h5-24H,3-4,25H2,1-2H3. The molecular weight excluding hydrogens is 472 g/mol. The van der Waals surface area contributed by atoms with Gasteiger partial charge in [0.25, 0.3) is 0 Å². The topological polar surface area (TPSA) is 6.48 Å². The molecule has 1 aliphatic heterocycles. The molecule has 2 heteroatoms. The predicted molar refractivity (Wildman–Crippen MR) is 162 cm³/mol. The lowest BCUT2D eigenvalue weighted by Gasteiger charge is -2.45. The van der Waals surface area contributed by atoms with E-state index < -0.39 is 0 Å². The first-order valence-corrected chi connectivity index (χ1v) is 14.3. The quantitative estimate of drug-likeness (QED) is 0.241. The van der Waals surface area contributed by atoms with E-state index in [9.17, 15) is 0 Å². The average Bonchev–Trinajstić information content (AvgIpc) is 3.63. The van der Waals surface area contributed by atoms with Crippen molar-refractivity contribution in [2.24, 2.45) is 0 Å². The normalized spacial score (nSPS) is 16.9. The third-order valence-electron chi connectivity index (χ3n) is 9.76. The molecule has 0 saturated heterocycles. The molecule has 5 aromatic carbocycles. The van der Waals surface area contributed by atoms with Crippen molar-refractivity contribution in [1.29, 1.82) is 0 Å². The first kappa shape index (κ1) is 22.7. The predicted octanol–water partition coefficient (Wildman–Crippen LogP) is 8.94. The van der Waals surface area contributed by atoms with Gasteiger partial charge in [0, 0.05) is 0 Å². The lowest BCUT2D eigenvalue weighted by atomic mass is 9.82.